The number of benzene rings is 2. The average Bonchev–Trinajstić information content (AvgIpc) is 3.45. The van der Waals surface area contributed by atoms with Crippen molar-refractivity contribution in [2.24, 2.45) is 0 Å². The van der Waals surface area contributed by atoms with Crippen molar-refractivity contribution in [2.75, 3.05) is 7.11 Å². The highest BCUT2D eigenvalue weighted by molar-refractivity contribution is 6.30. The van der Waals surface area contributed by atoms with Gasteiger partial charge in [-0.1, -0.05) is 23.7 Å². The van der Waals surface area contributed by atoms with Crippen molar-refractivity contribution in [1.29, 1.82) is 0 Å². The van der Waals surface area contributed by atoms with Crippen LogP contribution >= 0.6 is 11.6 Å². The molecular weight excluding hydrogens is 378 g/mol. The van der Waals surface area contributed by atoms with Gasteiger partial charge in [-0.15, -0.1) is 10.2 Å². The van der Waals surface area contributed by atoms with Gasteiger partial charge < -0.3 is 9.64 Å². The maximum atomic E-state index is 12.9. The number of hydrogen-bond donors (Lipinski definition) is 0. The first-order chi connectivity index (χ1) is 13.6. The molecule has 3 aromatic rings. The maximum absolute atomic E-state index is 12.9. The van der Waals surface area contributed by atoms with Crippen molar-refractivity contribution >= 4 is 17.5 Å². The molecular formula is C20H20ClN5O2. The highest BCUT2D eigenvalue weighted by atomic mass is 35.5. The van der Waals surface area contributed by atoms with Gasteiger partial charge in [0.1, 0.15) is 12.3 Å². The van der Waals surface area contributed by atoms with Crippen LogP contribution in [0.2, 0.25) is 5.02 Å². The fourth-order valence-electron chi connectivity index (χ4n) is 2.97. The second kappa shape index (κ2) is 7.98. The van der Waals surface area contributed by atoms with Crippen LogP contribution in [-0.4, -0.2) is 44.2 Å². The number of ether oxygens (including phenoxy) is 1. The molecule has 1 heterocycles. The predicted octanol–water partition coefficient (Wildman–Crippen LogP) is 3.19. The first-order valence-electron chi connectivity index (χ1n) is 9.08. The second-order valence-electron chi connectivity index (χ2n) is 6.75. The summed E-state index contributed by atoms with van der Waals surface area (Å²) in [5.74, 6) is 1.26. The van der Waals surface area contributed by atoms with Crippen molar-refractivity contribution in [3.8, 4) is 17.1 Å². The normalized spacial score (nSPS) is 13.4. The Morgan fingerprint density at radius 2 is 1.89 bits per heavy atom. The molecule has 4 rings (SSSR count). The maximum Gasteiger partial charge on any atom is 0.246 e. The highest BCUT2D eigenvalue weighted by Crippen LogP contribution is 2.29. The number of rotatable bonds is 7. The monoisotopic (exact) mass is 397 g/mol. The molecule has 0 aliphatic heterocycles. The molecule has 0 bridgehead atoms. The summed E-state index contributed by atoms with van der Waals surface area (Å²) >= 11 is 5.91. The summed E-state index contributed by atoms with van der Waals surface area (Å²) in [5.41, 5.74) is 1.87. The van der Waals surface area contributed by atoms with Crippen molar-refractivity contribution < 1.29 is 9.53 Å². The lowest BCUT2D eigenvalue weighted by Crippen LogP contribution is -2.35. The van der Waals surface area contributed by atoms with Crippen LogP contribution < -0.4 is 4.74 Å². The van der Waals surface area contributed by atoms with Crippen LogP contribution in [0.25, 0.3) is 11.4 Å². The van der Waals surface area contributed by atoms with Gasteiger partial charge >= 0.3 is 0 Å². The lowest BCUT2D eigenvalue weighted by Gasteiger charge is -2.22. The van der Waals surface area contributed by atoms with E-state index in [4.69, 9.17) is 16.3 Å². The quantitative estimate of drug-likeness (QED) is 0.612. The largest absolute Gasteiger partial charge is 0.497 e. The van der Waals surface area contributed by atoms with Gasteiger partial charge in [0, 0.05) is 23.2 Å². The van der Waals surface area contributed by atoms with E-state index in [2.05, 4.69) is 15.4 Å². The van der Waals surface area contributed by atoms with Gasteiger partial charge in [0.05, 0.1) is 7.11 Å². The minimum absolute atomic E-state index is 0.0154. The molecule has 0 atom stereocenters. The summed E-state index contributed by atoms with van der Waals surface area (Å²) in [6.45, 7) is 0.624. The Labute approximate surface area is 167 Å². The molecule has 0 N–H and O–H groups in total. The minimum atomic E-state index is -0.0154. The van der Waals surface area contributed by atoms with Crippen molar-refractivity contribution in [3.05, 3.63) is 59.1 Å². The zero-order valence-electron chi connectivity index (χ0n) is 15.5. The molecule has 2 aromatic carbocycles. The molecule has 1 aromatic heterocycles. The van der Waals surface area contributed by atoms with Crippen LogP contribution in [0.4, 0.5) is 0 Å². The Bertz CT molecular complexity index is 951. The predicted molar refractivity (Wildman–Crippen MR) is 105 cm³/mol. The van der Waals surface area contributed by atoms with Crippen LogP contribution in [0.1, 0.15) is 18.4 Å². The summed E-state index contributed by atoms with van der Waals surface area (Å²) in [7, 11) is 1.64. The minimum Gasteiger partial charge on any atom is -0.497 e. The molecule has 1 aliphatic rings. The van der Waals surface area contributed by atoms with Gasteiger partial charge in [-0.3, -0.25) is 4.79 Å². The van der Waals surface area contributed by atoms with Crippen LogP contribution in [-0.2, 0) is 17.9 Å². The van der Waals surface area contributed by atoms with E-state index in [9.17, 15) is 4.79 Å². The first kappa shape index (κ1) is 18.4. The Balaban J connectivity index is 1.44. The molecule has 1 aliphatic carbocycles. The van der Waals surface area contributed by atoms with E-state index < -0.39 is 0 Å². The zero-order chi connectivity index (χ0) is 19.5. The molecule has 8 heteroatoms. The number of carbonyl (C=O) groups is 1. The lowest BCUT2D eigenvalue weighted by molar-refractivity contribution is -0.133. The van der Waals surface area contributed by atoms with E-state index in [1.165, 1.54) is 4.80 Å². The molecule has 28 heavy (non-hydrogen) atoms. The van der Waals surface area contributed by atoms with Gasteiger partial charge in [0.2, 0.25) is 11.7 Å². The molecule has 144 valence electrons. The van der Waals surface area contributed by atoms with E-state index in [1.54, 1.807) is 19.2 Å². The van der Waals surface area contributed by atoms with Crippen LogP contribution in [0.15, 0.2) is 48.5 Å². The summed E-state index contributed by atoms with van der Waals surface area (Å²) in [6, 6.07) is 15.2. The summed E-state index contributed by atoms with van der Waals surface area (Å²) in [6.07, 6.45) is 2.06. The third kappa shape index (κ3) is 4.31. The molecule has 1 saturated carbocycles. The Hall–Kier alpha value is -2.93. The smallest absolute Gasteiger partial charge is 0.246 e. The Morgan fingerprint density at radius 1 is 1.18 bits per heavy atom. The third-order valence-electron chi connectivity index (χ3n) is 4.65. The fourth-order valence-corrected chi connectivity index (χ4v) is 3.10. The molecule has 0 spiro atoms. The third-order valence-corrected chi connectivity index (χ3v) is 4.90. The van der Waals surface area contributed by atoms with Gasteiger partial charge in [0.25, 0.3) is 0 Å². The van der Waals surface area contributed by atoms with Gasteiger partial charge in [-0.05, 0) is 60.0 Å². The van der Waals surface area contributed by atoms with Gasteiger partial charge in [-0.2, -0.15) is 4.80 Å². The summed E-state index contributed by atoms with van der Waals surface area (Å²) in [4.78, 5) is 16.1. The first-order valence-corrected chi connectivity index (χ1v) is 9.46. The molecule has 0 radical (unpaired) electrons. The van der Waals surface area contributed by atoms with Crippen LogP contribution in [0.3, 0.4) is 0 Å². The highest BCUT2D eigenvalue weighted by Gasteiger charge is 2.32. The van der Waals surface area contributed by atoms with Crippen LogP contribution in [0.5, 0.6) is 5.75 Å². The molecule has 1 fully saturated rings. The SMILES string of the molecule is COc1ccc(CN(C(=O)Cn2nnc(-c3ccc(Cl)cc3)n2)C2CC2)cc1. The van der Waals surface area contributed by atoms with E-state index >= 15 is 0 Å². The van der Waals surface area contributed by atoms with Crippen LogP contribution in [0, 0.1) is 0 Å². The molecule has 0 unspecified atom stereocenters. The lowest BCUT2D eigenvalue weighted by atomic mass is 10.2. The number of carbonyl (C=O) groups excluding carboxylic acids is 1. The summed E-state index contributed by atoms with van der Waals surface area (Å²) < 4.78 is 5.19. The fraction of sp³-hybridized carbons (Fsp3) is 0.300. The van der Waals surface area contributed by atoms with Gasteiger partial charge in [-0.25, -0.2) is 0 Å². The zero-order valence-corrected chi connectivity index (χ0v) is 16.2. The van der Waals surface area contributed by atoms with Crippen molar-refractivity contribution in [1.82, 2.24) is 25.1 Å². The number of tetrazole rings is 1. The molecule has 1 amide bonds. The average molecular weight is 398 g/mol. The number of halogens is 1. The second-order valence-corrected chi connectivity index (χ2v) is 7.19. The van der Waals surface area contributed by atoms with E-state index in [-0.39, 0.29) is 18.5 Å². The number of nitrogens with zero attached hydrogens (tertiary/aromatic N) is 5. The number of methoxy groups -OCH3 is 1. The van der Waals surface area contributed by atoms with E-state index in [0.717, 1.165) is 29.7 Å². The molecule has 7 nitrogen and oxygen atoms in total. The standard InChI is InChI=1S/C20H20ClN5O2/c1-28-18-10-2-14(3-11-18)12-25(17-8-9-17)19(27)13-26-23-20(22-24-26)15-4-6-16(21)7-5-15/h2-7,10-11,17H,8-9,12-13H2,1H3. The van der Waals surface area contributed by atoms with E-state index in [0.29, 0.717) is 17.4 Å². The topological polar surface area (TPSA) is 73.1 Å². The molecule has 0 saturated heterocycles. The van der Waals surface area contributed by atoms with Crippen molar-refractivity contribution in [3.63, 3.8) is 0 Å². The Kier molecular flexibility index (Phi) is 5.25. The van der Waals surface area contributed by atoms with E-state index in [1.807, 2.05) is 41.3 Å². The summed E-state index contributed by atoms with van der Waals surface area (Å²) in [5, 5.41) is 13.0. The number of hydrogen-bond acceptors (Lipinski definition) is 5. The number of aromatic nitrogens is 4. The number of amides is 1. The Morgan fingerprint density at radius 3 is 2.54 bits per heavy atom. The van der Waals surface area contributed by atoms with Crippen molar-refractivity contribution in [2.45, 2.75) is 32.0 Å². The van der Waals surface area contributed by atoms with Gasteiger partial charge in [0.15, 0.2) is 0 Å².